The number of hydrogen-bond donors (Lipinski definition) is 1. The van der Waals surface area contributed by atoms with E-state index in [1.807, 2.05) is 32.4 Å². The number of aromatic nitrogens is 2. The van der Waals surface area contributed by atoms with E-state index in [9.17, 15) is 9.18 Å². The van der Waals surface area contributed by atoms with Gasteiger partial charge in [0, 0.05) is 44.0 Å². The molecule has 0 radical (unpaired) electrons. The monoisotopic (exact) mass is 425 g/mol. The lowest BCUT2D eigenvalue weighted by Crippen LogP contribution is -2.54. The Morgan fingerprint density at radius 3 is 2.81 bits per heavy atom. The predicted molar refractivity (Wildman–Crippen MR) is 121 cm³/mol. The molecule has 1 amide bonds. The van der Waals surface area contributed by atoms with Crippen LogP contribution < -0.4 is 5.32 Å². The number of nitrogens with zero attached hydrogens (tertiary/aromatic N) is 4. The van der Waals surface area contributed by atoms with Gasteiger partial charge in [-0.3, -0.25) is 14.5 Å². The molecule has 6 nitrogen and oxygen atoms in total. The van der Waals surface area contributed by atoms with Crippen LogP contribution in [0, 0.1) is 5.92 Å². The summed E-state index contributed by atoms with van der Waals surface area (Å²) in [6, 6.07) is 5.69. The van der Waals surface area contributed by atoms with Crippen molar-refractivity contribution in [3.63, 3.8) is 0 Å². The van der Waals surface area contributed by atoms with E-state index in [4.69, 9.17) is 0 Å². The van der Waals surface area contributed by atoms with Crippen LogP contribution in [0.4, 0.5) is 4.39 Å². The maximum atomic E-state index is 14.8. The minimum atomic E-state index is -1.07. The number of benzene rings is 1. The fourth-order valence-electron chi connectivity index (χ4n) is 4.61. The zero-order valence-corrected chi connectivity index (χ0v) is 18.8. The van der Waals surface area contributed by atoms with E-state index in [0.29, 0.717) is 24.6 Å². The Bertz CT molecular complexity index is 982. The summed E-state index contributed by atoms with van der Waals surface area (Å²) in [5.74, 6) is 0.225. The quantitative estimate of drug-likeness (QED) is 0.801. The number of amides is 1. The molecule has 2 aliphatic heterocycles. The first-order chi connectivity index (χ1) is 14.8. The van der Waals surface area contributed by atoms with E-state index >= 15 is 0 Å². The third-order valence-electron chi connectivity index (χ3n) is 6.05. The number of carbonyl (C=O) groups excluding carboxylic acids is 1. The molecule has 2 aromatic rings. The molecule has 31 heavy (non-hydrogen) atoms. The summed E-state index contributed by atoms with van der Waals surface area (Å²) in [6.07, 6.45) is 4.09. The van der Waals surface area contributed by atoms with Crippen LogP contribution in [0.25, 0.3) is 11.1 Å². The molecule has 0 bridgehead atoms. The molecule has 166 valence electrons. The normalized spacial score (nSPS) is 24.1. The first-order valence-corrected chi connectivity index (χ1v) is 11.2. The van der Waals surface area contributed by atoms with Crippen LogP contribution in [0.15, 0.2) is 35.6 Å². The van der Waals surface area contributed by atoms with Gasteiger partial charge >= 0.3 is 0 Å². The largest absolute Gasteiger partial charge is 0.345 e. The van der Waals surface area contributed by atoms with Crippen molar-refractivity contribution in [3.05, 3.63) is 41.7 Å². The Kier molecular flexibility index (Phi) is 6.23. The second-order valence-corrected chi connectivity index (χ2v) is 9.34. The van der Waals surface area contributed by atoms with Gasteiger partial charge in [0.05, 0.1) is 18.3 Å². The number of likely N-dealkylation sites (tertiary alicyclic amines) is 1. The molecular formula is C24H32FN5O. The number of rotatable bonds is 5. The van der Waals surface area contributed by atoms with E-state index < -0.39 is 12.2 Å². The SMILES string of the molecule is CC(C)CN1CC[C@@H](NC(=O)C2=NC(C)Cc3ccc(-c4cnn(C)c4)cc32)[C@H](F)C1. The number of carbonyl (C=O) groups is 1. The molecule has 1 fully saturated rings. The average Bonchev–Trinajstić information content (AvgIpc) is 3.15. The van der Waals surface area contributed by atoms with E-state index in [0.717, 1.165) is 41.8 Å². The van der Waals surface area contributed by atoms with Crippen molar-refractivity contribution in [2.24, 2.45) is 18.0 Å². The number of alkyl halides is 1. The summed E-state index contributed by atoms with van der Waals surface area (Å²) < 4.78 is 16.6. The third kappa shape index (κ3) is 4.87. The first-order valence-electron chi connectivity index (χ1n) is 11.2. The van der Waals surface area contributed by atoms with Crippen LogP contribution in [0.5, 0.6) is 0 Å². The van der Waals surface area contributed by atoms with Crippen LogP contribution in [-0.4, -0.2) is 64.2 Å². The Balaban J connectivity index is 1.52. The maximum absolute atomic E-state index is 14.8. The second-order valence-electron chi connectivity index (χ2n) is 9.34. The van der Waals surface area contributed by atoms with Crippen molar-refractivity contribution < 1.29 is 9.18 Å². The molecule has 1 aromatic carbocycles. The van der Waals surface area contributed by atoms with E-state index in [1.165, 1.54) is 0 Å². The van der Waals surface area contributed by atoms with Gasteiger partial charge in [-0.05, 0) is 42.9 Å². The van der Waals surface area contributed by atoms with Gasteiger partial charge in [-0.25, -0.2) is 4.39 Å². The Hall–Kier alpha value is -2.54. The summed E-state index contributed by atoms with van der Waals surface area (Å²) in [4.78, 5) is 20.0. The zero-order valence-electron chi connectivity index (χ0n) is 18.8. The van der Waals surface area contributed by atoms with Crippen molar-refractivity contribution in [1.82, 2.24) is 20.0 Å². The van der Waals surface area contributed by atoms with Crippen molar-refractivity contribution in [2.45, 2.75) is 51.9 Å². The van der Waals surface area contributed by atoms with Gasteiger partial charge in [0.15, 0.2) is 0 Å². The van der Waals surface area contributed by atoms with Gasteiger partial charge in [0.2, 0.25) is 0 Å². The standard InChI is InChI=1S/C24H32FN5O/c1-15(2)12-30-8-7-22(21(25)14-30)28-24(31)23-20-10-17(19-11-26-29(4)13-19)5-6-18(20)9-16(3)27-23/h5-6,10-11,13,15-16,21-22H,7-9,12,14H2,1-4H3,(H,28,31)/t16?,21-,22-/m1/s1. The van der Waals surface area contributed by atoms with Gasteiger partial charge < -0.3 is 10.2 Å². The summed E-state index contributed by atoms with van der Waals surface area (Å²) in [6.45, 7) is 8.34. The Morgan fingerprint density at radius 1 is 1.32 bits per heavy atom. The van der Waals surface area contributed by atoms with Crippen molar-refractivity contribution >= 4 is 11.6 Å². The number of hydrogen-bond acceptors (Lipinski definition) is 4. The molecule has 1 N–H and O–H groups in total. The van der Waals surface area contributed by atoms with E-state index in [-0.39, 0.29) is 11.9 Å². The van der Waals surface area contributed by atoms with Crippen molar-refractivity contribution in [1.29, 1.82) is 0 Å². The fourth-order valence-corrected chi connectivity index (χ4v) is 4.61. The second kappa shape index (κ2) is 8.91. The number of halogens is 1. The lowest BCUT2D eigenvalue weighted by atomic mass is 9.90. The molecule has 1 saturated heterocycles. The molecule has 3 heterocycles. The van der Waals surface area contributed by atoms with E-state index in [2.05, 4.69) is 46.3 Å². The van der Waals surface area contributed by atoms with Crippen LogP contribution >= 0.6 is 0 Å². The first kappa shape index (κ1) is 21.7. The molecule has 3 atom stereocenters. The van der Waals surface area contributed by atoms with Gasteiger partial charge in [0.25, 0.3) is 5.91 Å². The minimum absolute atomic E-state index is 0.0200. The molecule has 2 aliphatic rings. The highest BCUT2D eigenvalue weighted by molar-refractivity contribution is 6.46. The molecule has 0 aliphatic carbocycles. The van der Waals surface area contributed by atoms with Gasteiger partial charge in [0.1, 0.15) is 11.9 Å². The van der Waals surface area contributed by atoms with Crippen LogP contribution in [0.2, 0.25) is 0 Å². The van der Waals surface area contributed by atoms with Gasteiger partial charge in [-0.15, -0.1) is 0 Å². The molecule has 7 heteroatoms. The summed E-state index contributed by atoms with van der Waals surface area (Å²) in [5, 5.41) is 7.19. The maximum Gasteiger partial charge on any atom is 0.270 e. The van der Waals surface area contributed by atoms with Crippen LogP contribution in [-0.2, 0) is 18.3 Å². The number of piperidine rings is 1. The highest BCUT2D eigenvalue weighted by Gasteiger charge is 2.33. The molecule has 0 spiro atoms. The summed E-state index contributed by atoms with van der Waals surface area (Å²) in [7, 11) is 1.88. The van der Waals surface area contributed by atoms with Crippen LogP contribution in [0.1, 0.15) is 38.3 Å². The summed E-state index contributed by atoms with van der Waals surface area (Å²) >= 11 is 0. The lowest BCUT2D eigenvalue weighted by Gasteiger charge is -2.36. The fraction of sp³-hybridized carbons (Fsp3) is 0.542. The molecule has 4 rings (SSSR count). The molecular weight excluding hydrogens is 393 g/mol. The molecule has 0 saturated carbocycles. The topological polar surface area (TPSA) is 62.5 Å². The highest BCUT2D eigenvalue weighted by Crippen LogP contribution is 2.27. The predicted octanol–water partition coefficient (Wildman–Crippen LogP) is 3.01. The lowest BCUT2D eigenvalue weighted by molar-refractivity contribution is -0.116. The Morgan fingerprint density at radius 2 is 2.13 bits per heavy atom. The zero-order chi connectivity index (χ0) is 22.1. The molecule has 1 aromatic heterocycles. The third-order valence-corrected chi connectivity index (χ3v) is 6.05. The number of nitrogens with one attached hydrogen (secondary N) is 1. The summed E-state index contributed by atoms with van der Waals surface area (Å²) in [5.41, 5.74) is 4.34. The number of aliphatic imine (C=N–C) groups is 1. The van der Waals surface area contributed by atoms with Crippen molar-refractivity contribution in [2.75, 3.05) is 19.6 Å². The highest BCUT2D eigenvalue weighted by atomic mass is 19.1. The number of fused-ring (bicyclic) bond motifs is 1. The number of aryl methyl sites for hydroxylation is 1. The molecule has 1 unspecified atom stereocenters. The van der Waals surface area contributed by atoms with Gasteiger partial charge in [-0.1, -0.05) is 26.0 Å². The minimum Gasteiger partial charge on any atom is -0.345 e. The van der Waals surface area contributed by atoms with Crippen LogP contribution in [0.3, 0.4) is 0 Å². The average molecular weight is 426 g/mol. The smallest absolute Gasteiger partial charge is 0.270 e. The Labute approximate surface area is 183 Å². The van der Waals surface area contributed by atoms with Gasteiger partial charge in [-0.2, -0.15) is 5.10 Å². The van der Waals surface area contributed by atoms with E-state index in [1.54, 1.807) is 4.68 Å². The van der Waals surface area contributed by atoms with Crippen molar-refractivity contribution in [3.8, 4) is 11.1 Å².